The molecule has 0 radical (unpaired) electrons. The Hall–Kier alpha value is -1.83. The van der Waals surface area contributed by atoms with Gasteiger partial charge >= 0.3 is 6.09 Å². The van der Waals surface area contributed by atoms with E-state index in [0.29, 0.717) is 13.1 Å². The molecule has 7 nitrogen and oxygen atoms in total. The fourth-order valence-electron chi connectivity index (χ4n) is 2.25. The molecule has 1 aliphatic rings. The van der Waals surface area contributed by atoms with E-state index in [9.17, 15) is 14.9 Å². The Morgan fingerprint density at radius 2 is 2.22 bits per heavy atom. The molecule has 1 aromatic heterocycles. The molecule has 1 saturated heterocycles. The van der Waals surface area contributed by atoms with E-state index in [4.69, 9.17) is 4.74 Å². The second-order valence-corrected chi connectivity index (χ2v) is 7.74. The first-order valence-electron chi connectivity index (χ1n) is 7.49. The number of ether oxygens (including phenoxy) is 1. The largest absolute Gasteiger partial charge is 0.444 e. The number of hydrogen-bond acceptors (Lipinski definition) is 6. The van der Waals surface area contributed by atoms with Crippen LogP contribution in [0.5, 0.6) is 0 Å². The molecule has 8 heteroatoms. The lowest BCUT2D eigenvalue weighted by molar-refractivity contribution is -0.385. The van der Waals surface area contributed by atoms with E-state index in [-0.39, 0.29) is 17.0 Å². The van der Waals surface area contributed by atoms with Gasteiger partial charge in [0, 0.05) is 24.4 Å². The summed E-state index contributed by atoms with van der Waals surface area (Å²) in [7, 11) is 0. The van der Waals surface area contributed by atoms with E-state index in [1.165, 1.54) is 12.3 Å². The highest BCUT2D eigenvalue weighted by atomic mass is 32.2. The van der Waals surface area contributed by atoms with Gasteiger partial charge in [-0.1, -0.05) is 0 Å². The SMILES string of the molecule is CC(C)(C)OC(=O)N1CCC[C@H](Sc2ccc([N+](=O)[O-])cn2)C1. The average Bonchev–Trinajstić information content (AvgIpc) is 2.46. The van der Waals surface area contributed by atoms with Gasteiger partial charge in [-0.15, -0.1) is 11.8 Å². The molecule has 0 N–H and O–H groups in total. The van der Waals surface area contributed by atoms with Crippen LogP contribution in [0.2, 0.25) is 0 Å². The minimum Gasteiger partial charge on any atom is -0.444 e. The number of nitro groups is 1. The Kier molecular flexibility index (Phi) is 5.46. The van der Waals surface area contributed by atoms with Crippen molar-refractivity contribution in [3.05, 3.63) is 28.4 Å². The number of carbonyl (C=O) groups is 1. The Bertz CT molecular complexity index is 571. The molecule has 1 atom stereocenters. The predicted octanol–water partition coefficient (Wildman–Crippen LogP) is 3.48. The van der Waals surface area contributed by atoms with E-state index in [1.807, 2.05) is 20.8 Å². The molecule has 23 heavy (non-hydrogen) atoms. The minimum absolute atomic E-state index is 0.0200. The molecule has 0 saturated carbocycles. The molecule has 1 aliphatic heterocycles. The van der Waals surface area contributed by atoms with Crippen LogP contribution in [0, 0.1) is 10.1 Å². The maximum absolute atomic E-state index is 12.1. The monoisotopic (exact) mass is 339 g/mol. The Morgan fingerprint density at radius 1 is 1.48 bits per heavy atom. The number of carbonyl (C=O) groups excluding carboxylic acids is 1. The summed E-state index contributed by atoms with van der Waals surface area (Å²) in [4.78, 5) is 28.1. The zero-order valence-electron chi connectivity index (χ0n) is 13.5. The molecule has 2 rings (SSSR count). The van der Waals surface area contributed by atoms with Crippen molar-refractivity contribution < 1.29 is 14.5 Å². The lowest BCUT2D eigenvalue weighted by Gasteiger charge is -2.33. The number of thioether (sulfide) groups is 1. The van der Waals surface area contributed by atoms with Crippen molar-refractivity contribution in [1.82, 2.24) is 9.88 Å². The molecule has 0 spiro atoms. The van der Waals surface area contributed by atoms with Gasteiger partial charge in [-0.2, -0.15) is 0 Å². The van der Waals surface area contributed by atoms with E-state index in [2.05, 4.69) is 4.98 Å². The lowest BCUT2D eigenvalue weighted by atomic mass is 10.1. The highest BCUT2D eigenvalue weighted by Crippen LogP contribution is 2.29. The van der Waals surface area contributed by atoms with Gasteiger partial charge < -0.3 is 9.64 Å². The van der Waals surface area contributed by atoms with Crippen LogP contribution in [0.25, 0.3) is 0 Å². The quantitative estimate of drug-likeness (QED) is 0.619. The first kappa shape index (κ1) is 17.5. The van der Waals surface area contributed by atoms with Gasteiger partial charge in [-0.3, -0.25) is 10.1 Å². The second-order valence-electron chi connectivity index (χ2n) is 6.42. The summed E-state index contributed by atoms with van der Waals surface area (Å²) >= 11 is 1.54. The number of hydrogen-bond donors (Lipinski definition) is 0. The molecule has 0 aliphatic carbocycles. The number of nitrogens with zero attached hydrogens (tertiary/aromatic N) is 3. The summed E-state index contributed by atoms with van der Waals surface area (Å²) in [5.74, 6) is 0. The Morgan fingerprint density at radius 3 is 2.78 bits per heavy atom. The second kappa shape index (κ2) is 7.16. The topological polar surface area (TPSA) is 85.6 Å². The molecule has 126 valence electrons. The van der Waals surface area contributed by atoms with Crippen LogP contribution in [-0.4, -0.2) is 44.8 Å². The van der Waals surface area contributed by atoms with Gasteiger partial charge in [0.2, 0.25) is 0 Å². The van der Waals surface area contributed by atoms with Gasteiger partial charge in [-0.25, -0.2) is 9.78 Å². The van der Waals surface area contributed by atoms with Crippen molar-refractivity contribution in [3.63, 3.8) is 0 Å². The summed E-state index contributed by atoms with van der Waals surface area (Å²) in [5.41, 5.74) is -0.523. The normalized spacial score (nSPS) is 18.6. The third kappa shape index (κ3) is 5.38. The van der Waals surface area contributed by atoms with Crippen LogP contribution in [0.3, 0.4) is 0 Å². The number of likely N-dealkylation sites (tertiary alicyclic amines) is 1. The zero-order valence-corrected chi connectivity index (χ0v) is 14.3. The maximum Gasteiger partial charge on any atom is 0.410 e. The van der Waals surface area contributed by atoms with Crippen molar-refractivity contribution in [2.45, 2.75) is 49.5 Å². The van der Waals surface area contributed by atoms with Gasteiger partial charge in [0.15, 0.2) is 0 Å². The average molecular weight is 339 g/mol. The Labute approximate surface area is 139 Å². The van der Waals surface area contributed by atoms with Crippen LogP contribution in [0.4, 0.5) is 10.5 Å². The van der Waals surface area contributed by atoms with Crippen LogP contribution in [-0.2, 0) is 4.74 Å². The van der Waals surface area contributed by atoms with Crippen molar-refractivity contribution in [1.29, 1.82) is 0 Å². The van der Waals surface area contributed by atoms with Gasteiger partial charge in [0.05, 0.1) is 9.95 Å². The summed E-state index contributed by atoms with van der Waals surface area (Å²) in [6.07, 6.45) is 2.85. The predicted molar refractivity (Wildman–Crippen MR) is 87.6 cm³/mol. The molecule has 0 aromatic carbocycles. The van der Waals surface area contributed by atoms with Crippen LogP contribution in [0.1, 0.15) is 33.6 Å². The highest BCUT2D eigenvalue weighted by molar-refractivity contribution is 7.99. The maximum atomic E-state index is 12.1. The van der Waals surface area contributed by atoms with Crippen molar-refractivity contribution in [3.8, 4) is 0 Å². The molecule has 1 aromatic rings. The van der Waals surface area contributed by atoms with E-state index >= 15 is 0 Å². The molecule has 0 bridgehead atoms. The highest BCUT2D eigenvalue weighted by Gasteiger charge is 2.28. The molecule has 0 unspecified atom stereocenters. The Balaban J connectivity index is 1.93. The number of rotatable bonds is 3. The summed E-state index contributed by atoms with van der Waals surface area (Å²) < 4.78 is 5.40. The first-order chi connectivity index (χ1) is 10.7. The summed E-state index contributed by atoms with van der Waals surface area (Å²) in [6.45, 7) is 6.84. The molecule has 1 fully saturated rings. The lowest BCUT2D eigenvalue weighted by Crippen LogP contribution is -2.43. The van der Waals surface area contributed by atoms with E-state index < -0.39 is 10.5 Å². The third-order valence-electron chi connectivity index (χ3n) is 3.25. The molecule has 1 amide bonds. The van der Waals surface area contributed by atoms with Gasteiger partial charge in [-0.05, 0) is 39.7 Å². The molecular weight excluding hydrogens is 318 g/mol. The number of aromatic nitrogens is 1. The van der Waals surface area contributed by atoms with Crippen LogP contribution in [0.15, 0.2) is 23.4 Å². The minimum atomic E-state index is -0.503. The zero-order chi connectivity index (χ0) is 17.0. The smallest absolute Gasteiger partial charge is 0.410 e. The molecule has 2 heterocycles. The number of amides is 1. The van der Waals surface area contributed by atoms with Gasteiger partial charge in [0.1, 0.15) is 11.8 Å². The number of pyridine rings is 1. The van der Waals surface area contributed by atoms with Crippen molar-refractivity contribution in [2.24, 2.45) is 0 Å². The number of piperidine rings is 1. The molecular formula is C15H21N3O4S. The first-order valence-corrected chi connectivity index (χ1v) is 8.37. The van der Waals surface area contributed by atoms with E-state index in [1.54, 1.807) is 22.7 Å². The van der Waals surface area contributed by atoms with Crippen molar-refractivity contribution in [2.75, 3.05) is 13.1 Å². The summed E-state index contributed by atoms with van der Waals surface area (Å²) in [6, 6.07) is 3.10. The fraction of sp³-hybridized carbons (Fsp3) is 0.600. The van der Waals surface area contributed by atoms with E-state index in [0.717, 1.165) is 17.9 Å². The van der Waals surface area contributed by atoms with Gasteiger partial charge in [0.25, 0.3) is 5.69 Å². The van der Waals surface area contributed by atoms with Crippen LogP contribution >= 0.6 is 11.8 Å². The summed E-state index contributed by atoms with van der Waals surface area (Å²) in [5, 5.41) is 11.6. The van der Waals surface area contributed by atoms with Crippen molar-refractivity contribution >= 4 is 23.5 Å². The standard InChI is InChI=1S/C15H21N3O4S/c1-15(2,3)22-14(19)17-8-4-5-12(10-17)23-13-7-6-11(9-16-13)18(20)21/h6-7,9,12H,4-5,8,10H2,1-3H3/t12-/m0/s1. The van der Waals surface area contributed by atoms with Crippen LogP contribution < -0.4 is 0 Å². The third-order valence-corrected chi connectivity index (χ3v) is 4.45. The fourth-order valence-corrected chi connectivity index (χ4v) is 3.39.